The van der Waals surface area contributed by atoms with Crippen LogP contribution in [0.2, 0.25) is 0 Å². The van der Waals surface area contributed by atoms with Crippen LogP contribution in [0.4, 0.5) is 4.79 Å². The summed E-state index contributed by atoms with van der Waals surface area (Å²) in [6, 6.07) is 0.299. The molecule has 0 aliphatic carbocycles. The van der Waals surface area contributed by atoms with Crippen LogP contribution in [0, 0.1) is 0 Å². The summed E-state index contributed by atoms with van der Waals surface area (Å²) in [5.74, 6) is 0.190. The number of piperazine rings is 1. The fraction of sp³-hybridized carbons (Fsp3) is 0.778. The molecule has 5 nitrogen and oxygen atoms in total. The first-order valence-corrected chi connectivity index (χ1v) is 4.93. The highest BCUT2D eigenvalue weighted by Gasteiger charge is 2.35. The number of amides is 2. The third-order valence-electron chi connectivity index (χ3n) is 2.76. The molecule has 0 spiro atoms. The summed E-state index contributed by atoms with van der Waals surface area (Å²) in [4.78, 5) is 26.2. The first-order valence-electron chi connectivity index (χ1n) is 4.93. The molecule has 2 rings (SSSR count). The number of carbonyl (C=O) groups excluding carboxylic acids is 2. The van der Waals surface area contributed by atoms with Crippen molar-refractivity contribution in [2.24, 2.45) is 0 Å². The largest absolute Gasteiger partial charge is 0.336 e. The Morgan fingerprint density at radius 3 is 3.07 bits per heavy atom. The second kappa shape index (κ2) is 3.57. The van der Waals surface area contributed by atoms with Crippen LogP contribution in [0.25, 0.3) is 0 Å². The lowest BCUT2D eigenvalue weighted by molar-refractivity contribution is -0.118. The van der Waals surface area contributed by atoms with Crippen molar-refractivity contribution >= 4 is 11.8 Å². The Morgan fingerprint density at radius 1 is 1.57 bits per heavy atom. The van der Waals surface area contributed by atoms with Crippen molar-refractivity contribution in [3.05, 3.63) is 0 Å². The first kappa shape index (κ1) is 9.45. The monoisotopic (exact) mass is 197 g/mol. The van der Waals surface area contributed by atoms with E-state index in [1.54, 1.807) is 6.92 Å². The van der Waals surface area contributed by atoms with Crippen molar-refractivity contribution in [3.8, 4) is 0 Å². The number of ketones is 1. The zero-order valence-electron chi connectivity index (χ0n) is 8.32. The number of rotatable bonds is 2. The zero-order chi connectivity index (χ0) is 10.1. The molecule has 0 radical (unpaired) electrons. The molecular weight excluding hydrogens is 182 g/mol. The highest BCUT2D eigenvalue weighted by atomic mass is 16.2. The van der Waals surface area contributed by atoms with E-state index in [0.29, 0.717) is 13.1 Å². The van der Waals surface area contributed by atoms with Gasteiger partial charge in [0, 0.05) is 26.2 Å². The van der Waals surface area contributed by atoms with Crippen molar-refractivity contribution in [2.45, 2.75) is 13.0 Å². The molecule has 2 amide bonds. The molecule has 1 unspecified atom stereocenters. The molecule has 2 saturated heterocycles. The van der Waals surface area contributed by atoms with Crippen LogP contribution in [-0.4, -0.2) is 60.4 Å². The Kier molecular flexibility index (Phi) is 2.41. The molecule has 0 bridgehead atoms. The van der Waals surface area contributed by atoms with E-state index in [9.17, 15) is 9.59 Å². The third-order valence-corrected chi connectivity index (χ3v) is 2.76. The number of urea groups is 1. The Balaban J connectivity index is 1.92. The van der Waals surface area contributed by atoms with Crippen LogP contribution in [0.3, 0.4) is 0 Å². The number of carbonyl (C=O) groups is 2. The molecule has 0 aromatic rings. The molecule has 0 aromatic carbocycles. The van der Waals surface area contributed by atoms with E-state index in [1.807, 2.05) is 4.90 Å². The smallest absolute Gasteiger partial charge is 0.317 e. The summed E-state index contributed by atoms with van der Waals surface area (Å²) < 4.78 is 0. The zero-order valence-corrected chi connectivity index (χ0v) is 8.32. The summed E-state index contributed by atoms with van der Waals surface area (Å²) in [5, 5.41) is 2.81. The van der Waals surface area contributed by atoms with Gasteiger partial charge in [-0.1, -0.05) is 0 Å². The number of fused-ring (bicyclic) bond motifs is 1. The maximum Gasteiger partial charge on any atom is 0.317 e. The van der Waals surface area contributed by atoms with E-state index in [1.165, 1.54) is 0 Å². The fourth-order valence-electron chi connectivity index (χ4n) is 2.13. The molecule has 0 saturated carbocycles. The standard InChI is InChI=1S/C9H15N3O2/c1-7(13)5-11-2-3-12-8(6-11)4-10-9(12)14/h8H,2-6H2,1H3,(H,10,14). The maximum absolute atomic E-state index is 11.3. The van der Waals surface area contributed by atoms with E-state index in [0.717, 1.165) is 19.6 Å². The van der Waals surface area contributed by atoms with Gasteiger partial charge in [0.2, 0.25) is 0 Å². The number of Topliss-reactive ketones (excluding diaryl/α,β-unsaturated/α-hetero) is 1. The highest BCUT2D eigenvalue weighted by Crippen LogP contribution is 2.13. The lowest BCUT2D eigenvalue weighted by Gasteiger charge is -2.35. The van der Waals surface area contributed by atoms with Crippen molar-refractivity contribution in [2.75, 3.05) is 32.7 Å². The average Bonchev–Trinajstić information content (AvgIpc) is 2.46. The topological polar surface area (TPSA) is 52.7 Å². The van der Waals surface area contributed by atoms with Gasteiger partial charge in [0.05, 0.1) is 12.6 Å². The summed E-state index contributed by atoms with van der Waals surface area (Å²) in [5.41, 5.74) is 0. The molecule has 2 fully saturated rings. The fourth-order valence-corrected chi connectivity index (χ4v) is 2.13. The number of hydrogen-bond donors (Lipinski definition) is 1. The van der Waals surface area contributed by atoms with Gasteiger partial charge in [0.15, 0.2) is 0 Å². The van der Waals surface area contributed by atoms with Crippen LogP contribution in [0.1, 0.15) is 6.92 Å². The minimum Gasteiger partial charge on any atom is -0.336 e. The molecule has 14 heavy (non-hydrogen) atoms. The van der Waals surface area contributed by atoms with Gasteiger partial charge in [-0.05, 0) is 6.92 Å². The molecule has 2 aliphatic heterocycles. The van der Waals surface area contributed by atoms with E-state index in [2.05, 4.69) is 10.2 Å². The van der Waals surface area contributed by atoms with Gasteiger partial charge in [-0.25, -0.2) is 4.79 Å². The van der Waals surface area contributed by atoms with Crippen molar-refractivity contribution < 1.29 is 9.59 Å². The van der Waals surface area contributed by atoms with Crippen LogP contribution in [-0.2, 0) is 4.79 Å². The van der Waals surface area contributed by atoms with E-state index >= 15 is 0 Å². The molecule has 0 aromatic heterocycles. The predicted octanol–water partition coefficient (Wildman–Crippen LogP) is -0.715. The van der Waals surface area contributed by atoms with Gasteiger partial charge in [0.1, 0.15) is 5.78 Å². The van der Waals surface area contributed by atoms with Crippen molar-refractivity contribution in [1.29, 1.82) is 0 Å². The van der Waals surface area contributed by atoms with Crippen LogP contribution in [0.15, 0.2) is 0 Å². The molecule has 78 valence electrons. The van der Waals surface area contributed by atoms with Crippen LogP contribution in [0.5, 0.6) is 0 Å². The molecule has 5 heteroatoms. The first-order chi connectivity index (χ1) is 6.66. The summed E-state index contributed by atoms with van der Waals surface area (Å²) in [6.45, 7) is 5.20. The number of hydrogen-bond acceptors (Lipinski definition) is 3. The molecular formula is C9H15N3O2. The Hall–Kier alpha value is -1.10. The lowest BCUT2D eigenvalue weighted by Crippen LogP contribution is -2.52. The highest BCUT2D eigenvalue weighted by molar-refractivity contribution is 5.78. The Morgan fingerprint density at radius 2 is 2.36 bits per heavy atom. The molecule has 2 aliphatic rings. The molecule has 1 N–H and O–H groups in total. The van der Waals surface area contributed by atoms with Crippen molar-refractivity contribution in [1.82, 2.24) is 15.1 Å². The van der Waals surface area contributed by atoms with Crippen molar-refractivity contribution in [3.63, 3.8) is 0 Å². The summed E-state index contributed by atoms with van der Waals surface area (Å²) in [7, 11) is 0. The minimum atomic E-state index is 0.0393. The normalized spacial score (nSPS) is 27.4. The van der Waals surface area contributed by atoms with Crippen LogP contribution >= 0.6 is 0 Å². The van der Waals surface area contributed by atoms with Gasteiger partial charge in [-0.3, -0.25) is 9.69 Å². The van der Waals surface area contributed by atoms with E-state index < -0.39 is 0 Å². The summed E-state index contributed by atoms with van der Waals surface area (Å²) in [6.07, 6.45) is 0. The summed E-state index contributed by atoms with van der Waals surface area (Å²) >= 11 is 0. The quantitative estimate of drug-likeness (QED) is 0.636. The minimum absolute atomic E-state index is 0.0393. The van der Waals surface area contributed by atoms with Crippen LogP contribution < -0.4 is 5.32 Å². The number of nitrogens with one attached hydrogen (secondary N) is 1. The predicted molar refractivity (Wildman–Crippen MR) is 51.0 cm³/mol. The SMILES string of the molecule is CC(=O)CN1CCN2C(=O)NCC2C1. The van der Waals surface area contributed by atoms with E-state index in [4.69, 9.17) is 0 Å². The third kappa shape index (κ3) is 1.72. The maximum atomic E-state index is 11.3. The Bertz CT molecular complexity index is 267. The Labute approximate surface area is 83.0 Å². The second-order valence-electron chi connectivity index (χ2n) is 3.97. The average molecular weight is 197 g/mol. The van der Waals surface area contributed by atoms with Gasteiger partial charge in [-0.2, -0.15) is 0 Å². The van der Waals surface area contributed by atoms with Gasteiger partial charge < -0.3 is 10.2 Å². The molecule has 1 atom stereocenters. The van der Waals surface area contributed by atoms with Gasteiger partial charge in [0.25, 0.3) is 0 Å². The number of nitrogens with zero attached hydrogens (tertiary/aromatic N) is 2. The molecule has 2 heterocycles. The van der Waals surface area contributed by atoms with Gasteiger partial charge in [-0.15, -0.1) is 0 Å². The van der Waals surface area contributed by atoms with E-state index in [-0.39, 0.29) is 17.9 Å². The lowest BCUT2D eigenvalue weighted by atomic mass is 10.2. The van der Waals surface area contributed by atoms with Gasteiger partial charge >= 0.3 is 6.03 Å². The second-order valence-corrected chi connectivity index (χ2v) is 3.97.